The summed E-state index contributed by atoms with van der Waals surface area (Å²) in [4.78, 5) is 29.3. The molecule has 9 nitrogen and oxygen atoms in total. The molecule has 3 aromatic carbocycles. The van der Waals surface area contributed by atoms with Gasteiger partial charge in [0.25, 0.3) is 0 Å². The molecule has 2 atom stereocenters. The number of anilines is 1. The third-order valence-corrected chi connectivity index (χ3v) is 8.47. The summed E-state index contributed by atoms with van der Waals surface area (Å²) in [6.07, 6.45) is 2.54. The zero-order valence-corrected chi connectivity index (χ0v) is 26.5. The van der Waals surface area contributed by atoms with Gasteiger partial charge in [-0.1, -0.05) is 49.4 Å². The van der Waals surface area contributed by atoms with Crippen LogP contribution in [0, 0.1) is 0 Å². The molecule has 10 heteroatoms. The highest BCUT2D eigenvalue weighted by atomic mass is 32.2. The van der Waals surface area contributed by atoms with Crippen molar-refractivity contribution in [3.63, 3.8) is 0 Å². The average molecular weight is 610 g/mol. The monoisotopic (exact) mass is 609 g/mol. The molecule has 0 heterocycles. The maximum Gasteiger partial charge on any atom is 0.243 e. The normalized spacial score (nSPS) is 12.6. The number of amides is 2. The molecular weight excluding hydrogens is 566 g/mol. The van der Waals surface area contributed by atoms with Gasteiger partial charge in [0.15, 0.2) is 0 Å². The topological polar surface area (TPSA) is 105 Å². The van der Waals surface area contributed by atoms with Crippen molar-refractivity contribution in [1.29, 1.82) is 0 Å². The van der Waals surface area contributed by atoms with Gasteiger partial charge in [-0.25, -0.2) is 8.42 Å². The number of nitrogens with zero attached hydrogens (tertiary/aromatic N) is 2. The molecule has 0 spiro atoms. The van der Waals surface area contributed by atoms with E-state index in [1.807, 2.05) is 68.4 Å². The van der Waals surface area contributed by atoms with Gasteiger partial charge in [0.1, 0.15) is 17.5 Å². The Morgan fingerprint density at radius 2 is 1.53 bits per heavy atom. The van der Waals surface area contributed by atoms with Crippen molar-refractivity contribution in [2.24, 2.45) is 0 Å². The Morgan fingerprint density at radius 1 is 0.884 bits per heavy atom. The summed E-state index contributed by atoms with van der Waals surface area (Å²) in [6.45, 7) is 4.22. The van der Waals surface area contributed by atoms with E-state index in [0.29, 0.717) is 23.6 Å². The van der Waals surface area contributed by atoms with E-state index >= 15 is 0 Å². The summed E-state index contributed by atoms with van der Waals surface area (Å²) >= 11 is 0. The third kappa shape index (κ3) is 10.0. The molecule has 0 saturated heterocycles. The molecule has 0 radical (unpaired) electrons. The van der Waals surface area contributed by atoms with Gasteiger partial charge >= 0.3 is 0 Å². The van der Waals surface area contributed by atoms with E-state index < -0.39 is 16.1 Å². The van der Waals surface area contributed by atoms with Gasteiger partial charge in [0.2, 0.25) is 21.8 Å². The van der Waals surface area contributed by atoms with Crippen molar-refractivity contribution in [2.45, 2.75) is 58.2 Å². The predicted molar refractivity (Wildman–Crippen MR) is 170 cm³/mol. The number of sulfonamides is 1. The fourth-order valence-electron chi connectivity index (χ4n) is 4.71. The average Bonchev–Trinajstić information content (AvgIpc) is 3.00. The van der Waals surface area contributed by atoms with Gasteiger partial charge in [0.05, 0.1) is 26.2 Å². The Balaban J connectivity index is 1.90. The first-order chi connectivity index (χ1) is 20.5. The highest BCUT2D eigenvalue weighted by Gasteiger charge is 2.31. The van der Waals surface area contributed by atoms with Crippen LogP contribution in [0.5, 0.6) is 11.5 Å². The fourth-order valence-corrected chi connectivity index (χ4v) is 5.68. The van der Waals surface area contributed by atoms with Crippen molar-refractivity contribution < 1.29 is 27.5 Å². The number of ether oxygens (including phenoxy) is 2. The minimum Gasteiger partial charge on any atom is -0.497 e. The van der Waals surface area contributed by atoms with Crippen LogP contribution in [-0.4, -0.2) is 64.2 Å². The molecule has 2 amide bonds. The first-order valence-electron chi connectivity index (χ1n) is 14.4. The van der Waals surface area contributed by atoms with E-state index in [0.717, 1.165) is 23.8 Å². The van der Waals surface area contributed by atoms with Crippen LogP contribution in [0.25, 0.3) is 0 Å². The van der Waals surface area contributed by atoms with Crippen LogP contribution in [0.2, 0.25) is 0 Å². The van der Waals surface area contributed by atoms with Gasteiger partial charge in [-0.3, -0.25) is 13.9 Å². The van der Waals surface area contributed by atoms with Crippen LogP contribution < -0.4 is 19.1 Å². The minimum absolute atomic E-state index is 0.0496. The molecular formula is C33H43N3O6S. The fraction of sp³-hybridized carbons (Fsp3) is 0.394. The van der Waals surface area contributed by atoms with Gasteiger partial charge < -0.3 is 19.7 Å². The number of methoxy groups -OCH3 is 2. The highest BCUT2D eigenvalue weighted by Crippen LogP contribution is 2.23. The number of nitrogens with one attached hydrogen (secondary N) is 1. The summed E-state index contributed by atoms with van der Waals surface area (Å²) in [5.41, 5.74) is 2.23. The van der Waals surface area contributed by atoms with Crippen LogP contribution in [-0.2, 0) is 32.6 Å². The quantitative estimate of drug-likeness (QED) is 0.250. The van der Waals surface area contributed by atoms with Crippen LogP contribution in [0.3, 0.4) is 0 Å². The molecule has 0 bridgehead atoms. The zero-order valence-electron chi connectivity index (χ0n) is 25.7. The first kappa shape index (κ1) is 33.5. The number of hydrogen-bond donors (Lipinski definition) is 1. The molecule has 0 saturated carbocycles. The van der Waals surface area contributed by atoms with Gasteiger partial charge in [-0.2, -0.15) is 0 Å². The molecule has 0 aliphatic heterocycles. The second kappa shape index (κ2) is 16.0. The third-order valence-electron chi connectivity index (χ3n) is 7.27. The molecule has 0 fully saturated rings. The molecule has 1 N–H and O–H groups in total. The van der Waals surface area contributed by atoms with Crippen molar-refractivity contribution in [3.05, 3.63) is 90.0 Å². The standard InChI is InChI=1S/C33H43N3O6S/c1-6-25(2)34-33(38)31(23-26-12-8-7-9-13-26)35(24-27-14-10-15-30(22-27)42-4)32(37)16-11-21-36(43(5,39)40)28-17-19-29(41-3)20-18-28/h7-10,12-15,17-20,22,25,31H,6,11,16,21,23-24H2,1-5H3,(H,34,38)/t25-,31+/m1/s1. The zero-order chi connectivity index (χ0) is 31.4. The Morgan fingerprint density at radius 3 is 2.14 bits per heavy atom. The van der Waals surface area contributed by atoms with Crippen LogP contribution in [0.15, 0.2) is 78.9 Å². The predicted octanol–water partition coefficient (Wildman–Crippen LogP) is 4.80. The molecule has 43 heavy (non-hydrogen) atoms. The van der Waals surface area contributed by atoms with Crippen LogP contribution in [0.4, 0.5) is 5.69 Å². The molecule has 0 aliphatic carbocycles. The van der Waals surface area contributed by atoms with E-state index in [1.54, 1.807) is 43.4 Å². The lowest BCUT2D eigenvalue weighted by Gasteiger charge is -2.33. The molecule has 0 aliphatic rings. The van der Waals surface area contributed by atoms with Crippen molar-refractivity contribution in [3.8, 4) is 11.5 Å². The number of hydrogen-bond acceptors (Lipinski definition) is 6. The van der Waals surface area contributed by atoms with Gasteiger partial charge in [-0.05, 0) is 67.3 Å². The molecule has 232 valence electrons. The lowest BCUT2D eigenvalue weighted by Crippen LogP contribution is -2.52. The van der Waals surface area contributed by atoms with Gasteiger partial charge in [0, 0.05) is 32.0 Å². The second-order valence-electron chi connectivity index (χ2n) is 10.5. The van der Waals surface area contributed by atoms with Crippen LogP contribution >= 0.6 is 0 Å². The Hall–Kier alpha value is -4.05. The van der Waals surface area contributed by atoms with E-state index in [1.165, 1.54) is 4.31 Å². The maximum atomic E-state index is 14.0. The number of rotatable bonds is 16. The molecule has 0 unspecified atom stereocenters. The van der Waals surface area contributed by atoms with E-state index in [9.17, 15) is 18.0 Å². The molecule has 3 rings (SSSR count). The van der Waals surface area contributed by atoms with Gasteiger partial charge in [-0.15, -0.1) is 0 Å². The van der Waals surface area contributed by atoms with Crippen molar-refractivity contribution in [2.75, 3.05) is 31.3 Å². The summed E-state index contributed by atoms with van der Waals surface area (Å²) in [5, 5.41) is 3.06. The Labute approximate surface area is 255 Å². The largest absolute Gasteiger partial charge is 0.497 e. The lowest BCUT2D eigenvalue weighted by molar-refractivity contribution is -0.141. The SMILES string of the molecule is CC[C@@H](C)NC(=O)[C@H](Cc1ccccc1)N(Cc1cccc(OC)c1)C(=O)CCCN(c1ccc(OC)cc1)S(C)(=O)=O. The van der Waals surface area contributed by atoms with E-state index in [-0.39, 0.29) is 43.8 Å². The van der Waals surface area contributed by atoms with E-state index in [2.05, 4.69) is 5.32 Å². The number of carbonyl (C=O) groups excluding carboxylic acids is 2. The molecule has 0 aromatic heterocycles. The summed E-state index contributed by atoms with van der Waals surface area (Å²) < 4.78 is 37.2. The van der Waals surface area contributed by atoms with E-state index in [4.69, 9.17) is 9.47 Å². The lowest BCUT2D eigenvalue weighted by atomic mass is 10.0. The number of benzene rings is 3. The Bertz CT molecular complexity index is 1430. The molecule has 3 aromatic rings. The number of carbonyl (C=O) groups is 2. The van der Waals surface area contributed by atoms with Crippen molar-refractivity contribution >= 4 is 27.5 Å². The first-order valence-corrected chi connectivity index (χ1v) is 16.3. The Kier molecular flexibility index (Phi) is 12.4. The van der Waals surface area contributed by atoms with Crippen molar-refractivity contribution in [1.82, 2.24) is 10.2 Å². The summed E-state index contributed by atoms with van der Waals surface area (Å²) in [5.74, 6) is 0.786. The highest BCUT2D eigenvalue weighted by molar-refractivity contribution is 7.92. The second-order valence-corrected chi connectivity index (χ2v) is 12.4. The maximum absolute atomic E-state index is 14.0. The minimum atomic E-state index is -3.61. The van der Waals surface area contributed by atoms with Crippen LogP contribution in [0.1, 0.15) is 44.2 Å². The summed E-state index contributed by atoms with van der Waals surface area (Å²) in [7, 11) is -0.488. The smallest absolute Gasteiger partial charge is 0.243 e. The summed E-state index contributed by atoms with van der Waals surface area (Å²) in [6, 6.07) is 22.9.